The summed E-state index contributed by atoms with van der Waals surface area (Å²) in [5.74, 6) is 0. The summed E-state index contributed by atoms with van der Waals surface area (Å²) in [5.41, 5.74) is 1.19. The molecule has 3 rings (SSSR count). The fraction of sp³-hybridized carbons (Fsp3) is 0.647. The fourth-order valence-corrected chi connectivity index (χ4v) is 3.40. The lowest BCUT2D eigenvalue weighted by atomic mass is 9.99. The van der Waals surface area contributed by atoms with E-state index in [0.29, 0.717) is 6.10 Å². The van der Waals surface area contributed by atoms with Gasteiger partial charge in [-0.2, -0.15) is 0 Å². The van der Waals surface area contributed by atoms with Crippen molar-refractivity contribution in [2.45, 2.75) is 37.5 Å². The SMILES string of the molecule is OCC1(NCC2CCCO2)CCN(Cc2ccccc2)C1. The van der Waals surface area contributed by atoms with Gasteiger partial charge in [-0.15, -0.1) is 0 Å². The van der Waals surface area contributed by atoms with Crippen LogP contribution in [0.2, 0.25) is 0 Å². The van der Waals surface area contributed by atoms with Gasteiger partial charge in [0.1, 0.15) is 0 Å². The Bertz CT molecular complexity index is 434. The third-order valence-corrected chi connectivity index (χ3v) is 4.71. The van der Waals surface area contributed by atoms with E-state index in [2.05, 4.69) is 40.5 Å². The number of nitrogens with one attached hydrogen (secondary N) is 1. The highest BCUT2D eigenvalue weighted by atomic mass is 16.5. The Morgan fingerprint density at radius 2 is 2.19 bits per heavy atom. The predicted octanol–water partition coefficient (Wildman–Crippen LogP) is 1.39. The van der Waals surface area contributed by atoms with Gasteiger partial charge in [-0.3, -0.25) is 4.90 Å². The molecule has 2 saturated heterocycles. The molecule has 0 spiro atoms. The molecule has 0 aliphatic carbocycles. The van der Waals surface area contributed by atoms with E-state index in [1.54, 1.807) is 0 Å². The maximum atomic E-state index is 9.84. The van der Waals surface area contributed by atoms with Crippen LogP contribution in [0.4, 0.5) is 0 Å². The molecule has 1 aromatic carbocycles. The van der Waals surface area contributed by atoms with Crippen molar-refractivity contribution < 1.29 is 9.84 Å². The zero-order valence-electron chi connectivity index (χ0n) is 12.6. The van der Waals surface area contributed by atoms with E-state index in [4.69, 9.17) is 4.74 Å². The molecule has 1 aromatic rings. The monoisotopic (exact) mass is 290 g/mol. The largest absolute Gasteiger partial charge is 0.394 e. The second kappa shape index (κ2) is 6.88. The number of hydrogen-bond donors (Lipinski definition) is 2. The molecule has 2 heterocycles. The maximum absolute atomic E-state index is 9.84. The highest BCUT2D eigenvalue weighted by Crippen LogP contribution is 2.23. The maximum Gasteiger partial charge on any atom is 0.0700 e. The minimum absolute atomic E-state index is 0.152. The van der Waals surface area contributed by atoms with Gasteiger partial charge in [0.15, 0.2) is 0 Å². The molecule has 4 heteroatoms. The molecule has 4 nitrogen and oxygen atoms in total. The van der Waals surface area contributed by atoms with E-state index in [1.807, 2.05) is 0 Å². The van der Waals surface area contributed by atoms with Crippen LogP contribution in [-0.4, -0.2) is 54.5 Å². The first-order valence-corrected chi connectivity index (χ1v) is 8.03. The van der Waals surface area contributed by atoms with Crippen molar-refractivity contribution in [3.63, 3.8) is 0 Å². The molecule has 2 N–H and O–H groups in total. The molecular weight excluding hydrogens is 264 g/mol. The number of nitrogens with zero attached hydrogens (tertiary/aromatic N) is 1. The van der Waals surface area contributed by atoms with E-state index >= 15 is 0 Å². The summed E-state index contributed by atoms with van der Waals surface area (Å²) in [5, 5.41) is 13.4. The van der Waals surface area contributed by atoms with Gasteiger partial charge in [-0.05, 0) is 24.8 Å². The number of ether oxygens (including phenoxy) is 1. The Balaban J connectivity index is 1.52. The molecule has 2 atom stereocenters. The fourth-order valence-electron chi connectivity index (χ4n) is 3.40. The van der Waals surface area contributed by atoms with Crippen LogP contribution in [0.25, 0.3) is 0 Å². The summed E-state index contributed by atoms with van der Waals surface area (Å²) in [7, 11) is 0. The van der Waals surface area contributed by atoms with E-state index < -0.39 is 0 Å². The number of rotatable bonds is 6. The van der Waals surface area contributed by atoms with Crippen LogP contribution in [0.5, 0.6) is 0 Å². The van der Waals surface area contributed by atoms with Gasteiger partial charge in [0, 0.05) is 32.8 Å². The van der Waals surface area contributed by atoms with Crippen LogP contribution in [0.1, 0.15) is 24.8 Å². The molecule has 0 bridgehead atoms. The summed E-state index contributed by atoms with van der Waals surface area (Å²) < 4.78 is 5.67. The van der Waals surface area contributed by atoms with E-state index in [-0.39, 0.29) is 12.1 Å². The number of likely N-dealkylation sites (tertiary alicyclic amines) is 1. The van der Waals surface area contributed by atoms with E-state index in [9.17, 15) is 5.11 Å². The summed E-state index contributed by atoms with van der Waals surface area (Å²) in [4.78, 5) is 2.42. The molecule has 0 amide bonds. The zero-order valence-corrected chi connectivity index (χ0v) is 12.6. The van der Waals surface area contributed by atoms with Crippen molar-refractivity contribution in [2.24, 2.45) is 0 Å². The predicted molar refractivity (Wildman–Crippen MR) is 83.1 cm³/mol. The smallest absolute Gasteiger partial charge is 0.0700 e. The summed E-state index contributed by atoms with van der Waals surface area (Å²) in [6, 6.07) is 10.5. The van der Waals surface area contributed by atoms with Gasteiger partial charge in [0.2, 0.25) is 0 Å². The molecule has 116 valence electrons. The van der Waals surface area contributed by atoms with Crippen molar-refractivity contribution in [1.82, 2.24) is 10.2 Å². The van der Waals surface area contributed by atoms with Crippen LogP contribution < -0.4 is 5.32 Å². The molecular formula is C17H26N2O2. The van der Waals surface area contributed by atoms with Crippen molar-refractivity contribution in [1.29, 1.82) is 0 Å². The van der Waals surface area contributed by atoms with Gasteiger partial charge in [-0.1, -0.05) is 30.3 Å². The van der Waals surface area contributed by atoms with Crippen LogP contribution in [0.3, 0.4) is 0 Å². The van der Waals surface area contributed by atoms with E-state index in [0.717, 1.165) is 45.6 Å². The average molecular weight is 290 g/mol. The molecule has 0 radical (unpaired) electrons. The average Bonchev–Trinajstić information content (AvgIpc) is 3.17. The van der Waals surface area contributed by atoms with Crippen molar-refractivity contribution in [3.8, 4) is 0 Å². The quantitative estimate of drug-likeness (QED) is 0.831. The Labute approximate surface area is 127 Å². The molecule has 0 saturated carbocycles. The number of aliphatic hydroxyl groups is 1. The third-order valence-electron chi connectivity index (χ3n) is 4.71. The Morgan fingerprint density at radius 1 is 1.33 bits per heavy atom. The number of benzene rings is 1. The first-order valence-electron chi connectivity index (χ1n) is 8.03. The molecule has 2 fully saturated rings. The number of aliphatic hydroxyl groups excluding tert-OH is 1. The lowest BCUT2D eigenvalue weighted by Gasteiger charge is -2.30. The Hall–Kier alpha value is -0.940. The molecule has 2 aliphatic rings. The summed E-state index contributed by atoms with van der Waals surface area (Å²) >= 11 is 0. The third kappa shape index (κ3) is 3.83. The van der Waals surface area contributed by atoms with Crippen molar-refractivity contribution in [2.75, 3.05) is 32.8 Å². The summed E-state index contributed by atoms with van der Waals surface area (Å²) in [6.45, 7) is 4.85. The second-order valence-corrected chi connectivity index (χ2v) is 6.40. The molecule has 2 aliphatic heterocycles. The van der Waals surface area contributed by atoms with Gasteiger partial charge < -0.3 is 15.2 Å². The Morgan fingerprint density at radius 3 is 2.90 bits per heavy atom. The van der Waals surface area contributed by atoms with Crippen molar-refractivity contribution >= 4 is 0 Å². The highest BCUT2D eigenvalue weighted by molar-refractivity contribution is 5.15. The normalized spacial score (nSPS) is 30.0. The highest BCUT2D eigenvalue weighted by Gasteiger charge is 2.37. The standard InChI is InChI=1S/C17H26N2O2/c20-14-17(18-11-16-7-4-10-21-16)8-9-19(13-17)12-15-5-2-1-3-6-15/h1-3,5-6,16,18,20H,4,7-14H2. The minimum Gasteiger partial charge on any atom is -0.394 e. The summed E-state index contributed by atoms with van der Waals surface area (Å²) in [6.07, 6.45) is 3.64. The molecule has 2 unspecified atom stereocenters. The second-order valence-electron chi connectivity index (χ2n) is 6.40. The van der Waals surface area contributed by atoms with Crippen LogP contribution in [0, 0.1) is 0 Å². The Kier molecular flexibility index (Phi) is 4.91. The molecule has 21 heavy (non-hydrogen) atoms. The lowest BCUT2D eigenvalue weighted by molar-refractivity contribution is 0.0885. The first-order chi connectivity index (χ1) is 10.3. The van der Waals surface area contributed by atoms with E-state index in [1.165, 1.54) is 12.0 Å². The molecule has 0 aromatic heterocycles. The topological polar surface area (TPSA) is 44.7 Å². The van der Waals surface area contributed by atoms with Gasteiger partial charge >= 0.3 is 0 Å². The van der Waals surface area contributed by atoms with Crippen LogP contribution in [-0.2, 0) is 11.3 Å². The zero-order chi connectivity index (χ0) is 14.5. The van der Waals surface area contributed by atoms with Crippen molar-refractivity contribution in [3.05, 3.63) is 35.9 Å². The van der Waals surface area contributed by atoms with Crippen LogP contribution >= 0.6 is 0 Å². The number of hydrogen-bond acceptors (Lipinski definition) is 4. The first kappa shape index (κ1) is 15.0. The lowest BCUT2D eigenvalue weighted by Crippen LogP contribution is -2.52. The van der Waals surface area contributed by atoms with Gasteiger partial charge in [-0.25, -0.2) is 0 Å². The van der Waals surface area contributed by atoms with Crippen LogP contribution in [0.15, 0.2) is 30.3 Å². The van der Waals surface area contributed by atoms with Gasteiger partial charge in [0.25, 0.3) is 0 Å². The minimum atomic E-state index is -0.152. The van der Waals surface area contributed by atoms with Gasteiger partial charge in [0.05, 0.1) is 18.2 Å².